The number of para-hydroxylation sites is 2. The molecule has 3 unspecified atom stereocenters. The van der Waals surface area contributed by atoms with Gasteiger partial charge in [-0.25, -0.2) is 9.97 Å². The van der Waals surface area contributed by atoms with Crippen LogP contribution in [-0.2, 0) is 0 Å². The molecule has 1 saturated carbocycles. The van der Waals surface area contributed by atoms with Gasteiger partial charge in [0, 0.05) is 6.04 Å². The molecule has 0 spiro atoms. The SMILES string of the molecule is CCC1CCC(Nc2nc3ccccc3nc2C)C1C. The zero-order chi connectivity index (χ0) is 14.1. The van der Waals surface area contributed by atoms with Gasteiger partial charge in [0.25, 0.3) is 0 Å². The molecule has 1 fully saturated rings. The van der Waals surface area contributed by atoms with Crippen molar-refractivity contribution in [2.24, 2.45) is 11.8 Å². The van der Waals surface area contributed by atoms with E-state index in [0.29, 0.717) is 12.0 Å². The van der Waals surface area contributed by atoms with Gasteiger partial charge in [0.1, 0.15) is 5.82 Å². The van der Waals surface area contributed by atoms with Gasteiger partial charge in [-0.1, -0.05) is 32.4 Å². The first kappa shape index (κ1) is 13.3. The number of benzene rings is 1. The summed E-state index contributed by atoms with van der Waals surface area (Å²) in [5.74, 6) is 2.52. The molecule has 1 aliphatic carbocycles. The average molecular weight is 269 g/mol. The van der Waals surface area contributed by atoms with E-state index >= 15 is 0 Å². The summed E-state index contributed by atoms with van der Waals surface area (Å²) >= 11 is 0. The van der Waals surface area contributed by atoms with E-state index in [2.05, 4.69) is 24.1 Å². The van der Waals surface area contributed by atoms with Crippen LogP contribution in [-0.4, -0.2) is 16.0 Å². The summed E-state index contributed by atoms with van der Waals surface area (Å²) in [6, 6.07) is 8.61. The number of aromatic nitrogens is 2. The Labute approximate surface area is 120 Å². The van der Waals surface area contributed by atoms with Crippen molar-refractivity contribution in [1.29, 1.82) is 0 Å². The Bertz CT molecular complexity index is 608. The average Bonchev–Trinajstić information content (AvgIpc) is 2.80. The predicted molar refractivity (Wildman–Crippen MR) is 83.9 cm³/mol. The second-order valence-corrected chi connectivity index (χ2v) is 6.00. The lowest BCUT2D eigenvalue weighted by atomic mass is 9.93. The largest absolute Gasteiger partial charge is 0.366 e. The number of aryl methyl sites for hydroxylation is 1. The maximum absolute atomic E-state index is 4.75. The summed E-state index contributed by atoms with van der Waals surface area (Å²) in [5, 5.41) is 3.64. The Balaban J connectivity index is 1.86. The summed E-state index contributed by atoms with van der Waals surface area (Å²) in [7, 11) is 0. The molecule has 0 amide bonds. The highest BCUT2D eigenvalue weighted by atomic mass is 15.1. The molecule has 106 valence electrons. The summed E-state index contributed by atoms with van der Waals surface area (Å²) in [6.45, 7) is 6.70. The lowest BCUT2D eigenvalue weighted by molar-refractivity contribution is 0.391. The molecule has 1 heterocycles. The first-order chi connectivity index (χ1) is 9.69. The van der Waals surface area contributed by atoms with E-state index < -0.39 is 0 Å². The molecule has 1 aliphatic rings. The van der Waals surface area contributed by atoms with Crippen molar-refractivity contribution in [1.82, 2.24) is 9.97 Å². The van der Waals surface area contributed by atoms with E-state index in [1.807, 2.05) is 31.2 Å². The molecule has 0 saturated heterocycles. The van der Waals surface area contributed by atoms with Crippen molar-refractivity contribution < 1.29 is 0 Å². The zero-order valence-electron chi connectivity index (χ0n) is 12.6. The van der Waals surface area contributed by atoms with Crippen LogP contribution in [0, 0.1) is 18.8 Å². The molecule has 0 bridgehead atoms. The lowest BCUT2D eigenvalue weighted by Crippen LogP contribution is -2.25. The minimum absolute atomic E-state index is 0.536. The topological polar surface area (TPSA) is 37.8 Å². The fourth-order valence-electron chi connectivity index (χ4n) is 3.43. The van der Waals surface area contributed by atoms with Crippen LogP contribution in [0.5, 0.6) is 0 Å². The van der Waals surface area contributed by atoms with Gasteiger partial charge >= 0.3 is 0 Å². The summed E-state index contributed by atoms with van der Waals surface area (Å²) in [4.78, 5) is 9.41. The maximum Gasteiger partial charge on any atom is 0.148 e. The molecule has 2 aromatic rings. The molecule has 3 nitrogen and oxygen atoms in total. The molecule has 3 heteroatoms. The Kier molecular flexibility index (Phi) is 3.60. The Morgan fingerprint density at radius 2 is 1.85 bits per heavy atom. The monoisotopic (exact) mass is 269 g/mol. The number of anilines is 1. The van der Waals surface area contributed by atoms with Gasteiger partial charge in [0.2, 0.25) is 0 Å². The minimum Gasteiger partial charge on any atom is -0.366 e. The highest BCUT2D eigenvalue weighted by molar-refractivity contribution is 5.76. The Hall–Kier alpha value is -1.64. The van der Waals surface area contributed by atoms with Crippen LogP contribution in [0.1, 0.15) is 38.8 Å². The van der Waals surface area contributed by atoms with Gasteiger partial charge in [-0.2, -0.15) is 0 Å². The van der Waals surface area contributed by atoms with Crippen molar-refractivity contribution in [3.8, 4) is 0 Å². The molecule has 3 atom stereocenters. The number of fused-ring (bicyclic) bond motifs is 1. The van der Waals surface area contributed by atoms with Crippen LogP contribution in [0.3, 0.4) is 0 Å². The van der Waals surface area contributed by atoms with E-state index in [0.717, 1.165) is 28.5 Å². The normalized spacial score (nSPS) is 26.1. The molecular formula is C17H23N3. The van der Waals surface area contributed by atoms with Gasteiger partial charge in [0.15, 0.2) is 0 Å². The number of nitrogens with one attached hydrogen (secondary N) is 1. The van der Waals surface area contributed by atoms with Crippen molar-refractivity contribution in [3.05, 3.63) is 30.0 Å². The van der Waals surface area contributed by atoms with Gasteiger partial charge in [-0.3, -0.25) is 0 Å². The van der Waals surface area contributed by atoms with Crippen molar-refractivity contribution >= 4 is 16.9 Å². The Morgan fingerprint density at radius 3 is 2.50 bits per heavy atom. The fraction of sp³-hybridized carbons (Fsp3) is 0.529. The fourth-order valence-corrected chi connectivity index (χ4v) is 3.43. The van der Waals surface area contributed by atoms with Crippen LogP contribution in [0.2, 0.25) is 0 Å². The van der Waals surface area contributed by atoms with E-state index in [1.54, 1.807) is 0 Å². The second kappa shape index (κ2) is 5.39. The van der Waals surface area contributed by atoms with E-state index in [9.17, 15) is 0 Å². The maximum atomic E-state index is 4.75. The Morgan fingerprint density at radius 1 is 1.15 bits per heavy atom. The van der Waals surface area contributed by atoms with E-state index in [4.69, 9.17) is 4.98 Å². The van der Waals surface area contributed by atoms with Crippen molar-refractivity contribution in [2.75, 3.05) is 5.32 Å². The third-order valence-corrected chi connectivity index (χ3v) is 4.82. The third kappa shape index (κ3) is 2.37. The molecule has 1 aromatic carbocycles. The zero-order valence-corrected chi connectivity index (χ0v) is 12.6. The first-order valence-corrected chi connectivity index (χ1v) is 7.69. The molecule has 20 heavy (non-hydrogen) atoms. The molecule has 1 aromatic heterocycles. The number of nitrogens with zero attached hydrogens (tertiary/aromatic N) is 2. The minimum atomic E-state index is 0.536. The van der Waals surface area contributed by atoms with Gasteiger partial charge < -0.3 is 5.32 Å². The van der Waals surface area contributed by atoms with Crippen molar-refractivity contribution in [2.45, 2.75) is 46.1 Å². The van der Waals surface area contributed by atoms with Gasteiger partial charge in [0.05, 0.1) is 16.7 Å². The number of rotatable bonds is 3. The molecule has 0 aliphatic heterocycles. The summed E-state index contributed by atoms with van der Waals surface area (Å²) in [5.41, 5.74) is 2.94. The first-order valence-electron chi connectivity index (χ1n) is 7.69. The van der Waals surface area contributed by atoms with Crippen molar-refractivity contribution in [3.63, 3.8) is 0 Å². The summed E-state index contributed by atoms with van der Waals surface area (Å²) < 4.78 is 0. The molecule has 1 N–H and O–H groups in total. The second-order valence-electron chi connectivity index (χ2n) is 6.00. The highest BCUT2D eigenvalue weighted by Crippen LogP contribution is 2.35. The smallest absolute Gasteiger partial charge is 0.148 e. The van der Waals surface area contributed by atoms with Crippen LogP contribution in [0.4, 0.5) is 5.82 Å². The quantitative estimate of drug-likeness (QED) is 0.908. The van der Waals surface area contributed by atoms with E-state index in [-0.39, 0.29) is 0 Å². The molecule has 3 rings (SSSR count). The lowest BCUT2D eigenvalue weighted by Gasteiger charge is -2.22. The highest BCUT2D eigenvalue weighted by Gasteiger charge is 2.31. The van der Waals surface area contributed by atoms with Crippen LogP contribution >= 0.6 is 0 Å². The van der Waals surface area contributed by atoms with Gasteiger partial charge in [-0.05, 0) is 43.7 Å². The molecule has 0 radical (unpaired) electrons. The van der Waals surface area contributed by atoms with Crippen LogP contribution in [0.15, 0.2) is 24.3 Å². The number of hydrogen-bond acceptors (Lipinski definition) is 3. The van der Waals surface area contributed by atoms with Gasteiger partial charge in [-0.15, -0.1) is 0 Å². The predicted octanol–water partition coefficient (Wildman–Crippen LogP) is 4.17. The third-order valence-electron chi connectivity index (χ3n) is 4.82. The van der Waals surface area contributed by atoms with Crippen LogP contribution in [0.25, 0.3) is 11.0 Å². The molecular weight excluding hydrogens is 246 g/mol. The summed E-state index contributed by atoms with van der Waals surface area (Å²) in [6.07, 6.45) is 3.85. The number of hydrogen-bond donors (Lipinski definition) is 1. The van der Waals surface area contributed by atoms with E-state index in [1.165, 1.54) is 19.3 Å². The standard InChI is InChI=1S/C17H23N3/c1-4-13-9-10-14(11(13)2)19-17-12(3)18-15-7-5-6-8-16(15)20-17/h5-8,11,13-14H,4,9-10H2,1-3H3,(H,19,20). The van der Waals surface area contributed by atoms with Crippen LogP contribution < -0.4 is 5.32 Å².